The predicted molar refractivity (Wildman–Crippen MR) is 21.8 cm³/mol. The minimum atomic E-state index is -5.36. The van der Waals surface area contributed by atoms with E-state index in [1.54, 1.807) is 0 Å². The molecule has 3 N–H and O–H groups in total. The molecular formula is H5GeNO5Si. The van der Waals surface area contributed by atoms with Crippen molar-refractivity contribution in [1.82, 2.24) is 0 Å². The second-order valence-corrected chi connectivity index (χ2v) is 1.57. The van der Waals surface area contributed by atoms with E-state index in [1.807, 2.05) is 0 Å². The fourth-order valence-corrected chi connectivity index (χ4v) is 0. The van der Waals surface area contributed by atoms with Gasteiger partial charge < -0.3 is 19.2 Å². The van der Waals surface area contributed by atoms with Gasteiger partial charge in [-0.15, -0.1) is 9.05 Å². The van der Waals surface area contributed by atoms with Crippen LogP contribution in [-0.4, -0.2) is 31.4 Å². The average Bonchev–Trinajstić information content (AvgIpc) is 1.36. The molecule has 0 saturated heterocycles. The molecule has 48 valence electrons. The molecule has 0 aliphatic carbocycles. The molecule has 0 unspecified atom stereocenters. The Morgan fingerprint density at radius 3 is 1.25 bits per heavy atom. The largest absolute Gasteiger partial charge is 0.861 e. The Bertz CT molecular complexity index is 36.2. The minimum Gasteiger partial charge on any atom is -0.861 e. The molecule has 0 rings (SSSR count). The van der Waals surface area contributed by atoms with E-state index in [9.17, 15) is 0 Å². The summed E-state index contributed by atoms with van der Waals surface area (Å²) in [5, 5.41) is 0. The summed E-state index contributed by atoms with van der Waals surface area (Å²) < 4.78 is 0. The topological polar surface area (TPSA) is 132 Å². The average molecular weight is 200 g/mol. The maximum Gasteiger partial charge on any atom is 0.0125 e. The molecule has 0 aromatic carbocycles. The zero-order valence-corrected chi connectivity index (χ0v) is 7.83. The molecule has 0 saturated carbocycles. The van der Waals surface area contributed by atoms with Crippen LogP contribution in [0.15, 0.2) is 0 Å². The van der Waals surface area contributed by atoms with Crippen LogP contribution in [0.2, 0.25) is 0 Å². The molecule has 0 radical (unpaired) electrons. The van der Waals surface area contributed by atoms with Gasteiger partial charge in [0.15, 0.2) is 0 Å². The van der Waals surface area contributed by atoms with Crippen molar-refractivity contribution in [2.75, 3.05) is 0 Å². The van der Waals surface area contributed by atoms with Gasteiger partial charge in [-0.25, -0.2) is 0 Å². The SMILES string of the molecule is [GeH2+2].[NH2+]=O.[O-][Si]([O-])([O-])O. The van der Waals surface area contributed by atoms with Gasteiger partial charge in [0.25, 0.3) is 0 Å². The van der Waals surface area contributed by atoms with Gasteiger partial charge in [0.05, 0.1) is 0 Å². The van der Waals surface area contributed by atoms with E-state index in [1.165, 1.54) is 0 Å². The third-order valence-corrected chi connectivity index (χ3v) is 0. The number of nitrogens with two attached hydrogens (primary N) is 1. The molecular weight excluding hydrogens is 195 g/mol. The van der Waals surface area contributed by atoms with E-state index in [-0.39, 0.29) is 17.6 Å². The molecule has 0 aliphatic heterocycles. The van der Waals surface area contributed by atoms with E-state index >= 15 is 0 Å². The minimum absolute atomic E-state index is 0. The van der Waals surface area contributed by atoms with Crippen molar-refractivity contribution in [3.05, 3.63) is 4.91 Å². The van der Waals surface area contributed by atoms with Gasteiger partial charge in [-0.2, -0.15) is 0 Å². The van der Waals surface area contributed by atoms with Crippen LogP contribution >= 0.6 is 0 Å². The summed E-state index contributed by atoms with van der Waals surface area (Å²) in [5.74, 6) is 0. The van der Waals surface area contributed by atoms with E-state index in [4.69, 9.17) is 24.1 Å². The first-order chi connectivity index (χ1) is 3.00. The summed E-state index contributed by atoms with van der Waals surface area (Å²) in [7, 11) is -5.36. The van der Waals surface area contributed by atoms with Gasteiger partial charge in [-0.05, 0) is 5.59 Å². The van der Waals surface area contributed by atoms with Gasteiger partial charge >= 0.3 is 17.6 Å². The Morgan fingerprint density at radius 2 is 1.25 bits per heavy atom. The predicted octanol–water partition coefficient (Wildman–Crippen LogP) is -6.91. The molecule has 0 aromatic heterocycles. The van der Waals surface area contributed by atoms with Crippen LogP contribution in [0.4, 0.5) is 0 Å². The van der Waals surface area contributed by atoms with Crippen molar-refractivity contribution in [3.8, 4) is 0 Å². The van der Waals surface area contributed by atoms with Crippen molar-refractivity contribution >= 4 is 26.6 Å². The number of hydrogen-bond donors (Lipinski definition) is 2. The van der Waals surface area contributed by atoms with Crippen molar-refractivity contribution in [2.24, 2.45) is 0 Å². The van der Waals surface area contributed by atoms with Gasteiger partial charge in [-0.3, -0.25) is 0 Å². The summed E-state index contributed by atoms with van der Waals surface area (Å²) >= 11 is 0. The molecule has 0 aromatic rings. The summed E-state index contributed by atoms with van der Waals surface area (Å²) in [6, 6.07) is 0. The number of hydrogen-bond acceptors (Lipinski definition) is 5. The van der Waals surface area contributed by atoms with E-state index in [0.29, 0.717) is 0 Å². The van der Waals surface area contributed by atoms with Gasteiger partial charge in [0.1, 0.15) is 0 Å². The molecule has 0 heterocycles. The molecule has 0 bridgehead atoms. The number of nitroso groups, excluding NO2 is 1. The van der Waals surface area contributed by atoms with Crippen LogP contribution in [0.1, 0.15) is 0 Å². The molecule has 0 spiro atoms. The van der Waals surface area contributed by atoms with E-state index in [0.717, 1.165) is 0 Å². The Kier molecular flexibility index (Phi) is 14.1. The van der Waals surface area contributed by atoms with E-state index < -0.39 is 9.05 Å². The Morgan fingerprint density at radius 1 is 1.25 bits per heavy atom. The summed E-state index contributed by atoms with van der Waals surface area (Å²) in [6.07, 6.45) is 0. The summed E-state index contributed by atoms with van der Waals surface area (Å²) in [5.41, 5.74) is 3.25. The maximum atomic E-state index is 8.69. The molecule has 8 heavy (non-hydrogen) atoms. The first-order valence-electron chi connectivity index (χ1n) is 1.07. The molecule has 0 fully saturated rings. The maximum absolute atomic E-state index is 8.69. The third kappa shape index (κ3) is 4200. The van der Waals surface area contributed by atoms with Crippen LogP contribution in [0, 0.1) is 4.91 Å². The zero-order valence-electron chi connectivity index (χ0n) is 3.86. The Balaban J connectivity index is -0.0000000750. The van der Waals surface area contributed by atoms with Crippen LogP contribution in [0.3, 0.4) is 0 Å². The van der Waals surface area contributed by atoms with Crippen molar-refractivity contribution < 1.29 is 24.8 Å². The van der Waals surface area contributed by atoms with Crippen molar-refractivity contribution in [3.63, 3.8) is 0 Å². The van der Waals surface area contributed by atoms with Crippen molar-refractivity contribution in [2.45, 2.75) is 0 Å². The van der Waals surface area contributed by atoms with Crippen LogP contribution in [-0.2, 0) is 0 Å². The Labute approximate surface area is 57.0 Å². The standard InChI is InChI=1S/GeH2.H2NO.HO4Si/c;1-2;1-5(2,3)4/h1H2;1H2;1H/q+2;+1;-3. The van der Waals surface area contributed by atoms with Gasteiger partial charge in [0.2, 0.25) is 0 Å². The monoisotopic (exact) mass is 201 g/mol. The van der Waals surface area contributed by atoms with Crippen LogP contribution in [0.25, 0.3) is 0 Å². The normalized spacial score (nSPS) is 8.00. The summed E-state index contributed by atoms with van der Waals surface area (Å²) in [6.45, 7) is 0. The quantitative estimate of drug-likeness (QED) is 0.374. The van der Waals surface area contributed by atoms with Crippen LogP contribution < -0.4 is 20.0 Å². The van der Waals surface area contributed by atoms with Crippen molar-refractivity contribution in [1.29, 1.82) is 0 Å². The fourth-order valence-electron chi connectivity index (χ4n) is 0. The zero-order chi connectivity index (χ0) is 6.50. The number of rotatable bonds is 0. The first-order valence-corrected chi connectivity index (χ1v) is 2.74. The second-order valence-electron chi connectivity index (χ2n) is 0.524. The molecule has 0 amide bonds. The fraction of sp³-hybridized carbons (Fsp3) is 0. The van der Waals surface area contributed by atoms with Gasteiger partial charge in [-0.1, -0.05) is 0 Å². The third-order valence-electron chi connectivity index (χ3n) is 0. The molecule has 6 nitrogen and oxygen atoms in total. The molecule has 0 atom stereocenters. The van der Waals surface area contributed by atoms with Crippen LogP contribution in [0.5, 0.6) is 0 Å². The van der Waals surface area contributed by atoms with Gasteiger partial charge in [0, 0.05) is 4.91 Å². The van der Waals surface area contributed by atoms with E-state index in [2.05, 4.69) is 5.59 Å². The smallest absolute Gasteiger partial charge is 0.0125 e. The summed E-state index contributed by atoms with van der Waals surface area (Å²) in [4.78, 5) is 40.8. The first kappa shape index (κ1) is 15.7. The Hall–Kier alpha value is 0.200. The second kappa shape index (κ2) is 7.20. The molecule has 8 heteroatoms. The molecule has 0 aliphatic rings.